The molecule has 0 amide bonds. The van der Waals surface area contributed by atoms with Crippen molar-refractivity contribution >= 4 is 16.7 Å². The van der Waals surface area contributed by atoms with E-state index >= 15 is 0 Å². The molecule has 5 heteroatoms. The highest BCUT2D eigenvalue weighted by atomic mass is 16.3. The van der Waals surface area contributed by atoms with Gasteiger partial charge in [0.25, 0.3) is 0 Å². The Kier molecular flexibility index (Phi) is 2.59. The number of nitrogens with zero attached hydrogens (tertiary/aromatic N) is 4. The smallest absolute Gasteiger partial charge is 0.138 e. The number of hydrogen-bond donors (Lipinski definition) is 0. The van der Waals surface area contributed by atoms with Gasteiger partial charge in [-0.15, -0.1) is 4.91 Å². The molecule has 94 valence electrons. The zero-order valence-corrected chi connectivity index (χ0v) is 10.7. The van der Waals surface area contributed by atoms with E-state index in [1.807, 2.05) is 36.6 Å². The van der Waals surface area contributed by atoms with Gasteiger partial charge in [0, 0.05) is 0 Å². The van der Waals surface area contributed by atoms with E-state index in [0.717, 1.165) is 22.7 Å². The van der Waals surface area contributed by atoms with Crippen molar-refractivity contribution in [3.8, 4) is 5.82 Å². The number of benzene rings is 1. The summed E-state index contributed by atoms with van der Waals surface area (Å²) in [7, 11) is 0. The van der Waals surface area contributed by atoms with E-state index in [9.17, 15) is 4.91 Å². The zero-order valence-electron chi connectivity index (χ0n) is 10.7. The number of rotatable bonds is 2. The molecule has 1 aromatic carbocycles. The Morgan fingerprint density at radius 3 is 2.68 bits per heavy atom. The minimum Gasteiger partial charge on any atom is -0.281 e. The standard InChI is InChI=1S/C14H12N4O/c1-9-3-5-13-12(7-9)16-10(2)18(13)14-6-4-11(17-19)8-15-14/h3-8H,1-2H3. The lowest BCUT2D eigenvalue weighted by Crippen LogP contribution is -1.99. The molecule has 0 N–H and O–H groups in total. The Hall–Kier alpha value is -2.56. The van der Waals surface area contributed by atoms with Crippen LogP contribution in [0.3, 0.4) is 0 Å². The van der Waals surface area contributed by atoms with Gasteiger partial charge in [-0.2, -0.15) is 0 Å². The normalized spacial score (nSPS) is 10.8. The molecule has 0 aliphatic carbocycles. The molecule has 5 nitrogen and oxygen atoms in total. The van der Waals surface area contributed by atoms with Crippen molar-refractivity contribution in [2.45, 2.75) is 13.8 Å². The summed E-state index contributed by atoms with van der Waals surface area (Å²) in [5.74, 6) is 1.59. The van der Waals surface area contributed by atoms with Gasteiger partial charge >= 0.3 is 0 Å². The van der Waals surface area contributed by atoms with Crippen LogP contribution in [-0.4, -0.2) is 14.5 Å². The Morgan fingerprint density at radius 2 is 2.00 bits per heavy atom. The van der Waals surface area contributed by atoms with Crippen LogP contribution in [-0.2, 0) is 0 Å². The molecule has 2 heterocycles. The first-order chi connectivity index (χ1) is 9.19. The van der Waals surface area contributed by atoms with Gasteiger partial charge in [0.2, 0.25) is 0 Å². The molecule has 0 bridgehead atoms. The van der Waals surface area contributed by atoms with Gasteiger partial charge in [-0.25, -0.2) is 9.97 Å². The zero-order chi connectivity index (χ0) is 13.4. The van der Waals surface area contributed by atoms with E-state index in [2.05, 4.69) is 15.1 Å². The van der Waals surface area contributed by atoms with Crippen LogP contribution < -0.4 is 0 Å². The van der Waals surface area contributed by atoms with Crippen molar-refractivity contribution < 1.29 is 0 Å². The molecular weight excluding hydrogens is 240 g/mol. The minimum atomic E-state index is 0.321. The van der Waals surface area contributed by atoms with E-state index in [0.29, 0.717) is 5.69 Å². The van der Waals surface area contributed by atoms with Gasteiger partial charge in [-0.3, -0.25) is 4.57 Å². The van der Waals surface area contributed by atoms with Crippen molar-refractivity contribution in [2.75, 3.05) is 0 Å². The van der Waals surface area contributed by atoms with Crippen LogP contribution in [0.25, 0.3) is 16.9 Å². The summed E-state index contributed by atoms with van der Waals surface area (Å²) >= 11 is 0. The molecule has 0 aliphatic rings. The lowest BCUT2D eigenvalue weighted by Gasteiger charge is -2.05. The number of fused-ring (bicyclic) bond motifs is 1. The summed E-state index contributed by atoms with van der Waals surface area (Å²) in [6, 6.07) is 9.53. The van der Waals surface area contributed by atoms with Crippen LogP contribution in [0.4, 0.5) is 5.69 Å². The summed E-state index contributed by atoms with van der Waals surface area (Å²) < 4.78 is 1.96. The molecule has 3 rings (SSSR count). The maximum atomic E-state index is 10.4. The summed E-state index contributed by atoms with van der Waals surface area (Å²) in [4.78, 5) is 19.2. The van der Waals surface area contributed by atoms with Gasteiger partial charge in [0.05, 0.1) is 17.2 Å². The molecule has 0 aliphatic heterocycles. The molecule has 0 spiro atoms. The van der Waals surface area contributed by atoms with Crippen molar-refractivity contribution in [1.29, 1.82) is 0 Å². The molecule has 0 radical (unpaired) electrons. The van der Waals surface area contributed by atoms with E-state index in [1.54, 1.807) is 12.1 Å². The first kappa shape index (κ1) is 11.5. The van der Waals surface area contributed by atoms with Crippen LogP contribution in [0, 0.1) is 18.8 Å². The fraction of sp³-hybridized carbons (Fsp3) is 0.143. The summed E-state index contributed by atoms with van der Waals surface area (Å²) in [6.07, 6.45) is 1.46. The Balaban J connectivity index is 2.23. The van der Waals surface area contributed by atoms with Crippen molar-refractivity contribution in [3.63, 3.8) is 0 Å². The average molecular weight is 252 g/mol. The fourth-order valence-electron chi connectivity index (χ4n) is 2.16. The van der Waals surface area contributed by atoms with Crippen molar-refractivity contribution in [1.82, 2.24) is 14.5 Å². The van der Waals surface area contributed by atoms with Crippen LogP contribution in [0.15, 0.2) is 41.7 Å². The average Bonchev–Trinajstić information content (AvgIpc) is 2.74. The molecule has 19 heavy (non-hydrogen) atoms. The third-order valence-corrected chi connectivity index (χ3v) is 3.04. The number of aryl methyl sites for hydroxylation is 2. The number of pyridine rings is 1. The highest BCUT2D eigenvalue weighted by Gasteiger charge is 2.10. The lowest BCUT2D eigenvalue weighted by molar-refractivity contribution is 0.956. The predicted octanol–water partition coefficient (Wildman–Crippen LogP) is 3.44. The quantitative estimate of drug-likeness (QED) is 0.656. The van der Waals surface area contributed by atoms with Gasteiger partial charge in [-0.1, -0.05) is 6.07 Å². The highest BCUT2D eigenvalue weighted by molar-refractivity contribution is 5.78. The van der Waals surface area contributed by atoms with E-state index in [-0.39, 0.29) is 0 Å². The molecule has 0 saturated carbocycles. The molecule has 2 aromatic heterocycles. The lowest BCUT2D eigenvalue weighted by atomic mass is 10.2. The fourth-order valence-corrected chi connectivity index (χ4v) is 2.16. The Morgan fingerprint density at radius 1 is 1.16 bits per heavy atom. The van der Waals surface area contributed by atoms with Crippen molar-refractivity contribution in [3.05, 3.63) is 52.8 Å². The Bertz CT molecular complexity index is 759. The van der Waals surface area contributed by atoms with Gasteiger partial charge in [0.1, 0.15) is 17.3 Å². The molecule has 0 saturated heterocycles. The largest absolute Gasteiger partial charge is 0.281 e. The number of nitroso groups, excluding NO2 is 1. The molecule has 0 unspecified atom stereocenters. The van der Waals surface area contributed by atoms with Crippen LogP contribution >= 0.6 is 0 Å². The molecule has 3 aromatic rings. The maximum Gasteiger partial charge on any atom is 0.138 e. The second kappa shape index (κ2) is 4.28. The van der Waals surface area contributed by atoms with E-state index in [4.69, 9.17) is 0 Å². The van der Waals surface area contributed by atoms with Crippen LogP contribution in [0.2, 0.25) is 0 Å². The summed E-state index contributed by atoms with van der Waals surface area (Å²) in [5.41, 5.74) is 3.44. The van der Waals surface area contributed by atoms with Gasteiger partial charge in [-0.05, 0) is 48.9 Å². The van der Waals surface area contributed by atoms with Gasteiger partial charge in [0.15, 0.2) is 0 Å². The van der Waals surface area contributed by atoms with Crippen LogP contribution in [0.5, 0.6) is 0 Å². The number of hydrogen-bond acceptors (Lipinski definition) is 4. The SMILES string of the molecule is Cc1ccc2c(c1)nc(C)n2-c1ccc(N=O)cn1. The number of aromatic nitrogens is 3. The second-order valence-electron chi connectivity index (χ2n) is 4.45. The van der Waals surface area contributed by atoms with Gasteiger partial charge < -0.3 is 0 Å². The molecule has 0 fully saturated rings. The third-order valence-electron chi connectivity index (χ3n) is 3.04. The predicted molar refractivity (Wildman–Crippen MR) is 73.8 cm³/mol. The number of imidazole rings is 1. The van der Waals surface area contributed by atoms with Crippen LogP contribution in [0.1, 0.15) is 11.4 Å². The van der Waals surface area contributed by atoms with E-state index in [1.165, 1.54) is 11.8 Å². The van der Waals surface area contributed by atoms with Crippen molar-refractivity contribution in [2.24, 2.45) is 5.18 Å². The molecular formula is C14H12N4O. The van der Waals surface area contributed by atoms with E-state index < -0.39 is 0 Å². The summed E-state index contributed by atoms with van der Waals surface area (Å²) in [6.45, 7) is 3.97. The topological polar surface area (TPSA) is 60.1 Å². The molecule has 0 atom stereocenters. The summed E-state index contributed by atoms with van der Waals surface area (Å²) in [5, 5.41) is 2.85. The maximum absolute atomic E-state index is 10.4. The third kappa shape index (κ3) is 1.89. The Labute approximate surface area is 109 Å². The first-order valence-corrected chi connectivity index (χ1v) is 5.94. The highest BCUT2D eigenvalue weighted by Crippen LogP contribution is 2.22. The first-order valence-electron chi connectivity index (χ1n) is 5.94. The monoisotopic (exact) mass is 252 g/mol. The minimum absolute atomic E-state index is 0.321. The second-order valence-corrected chi connectivity index (χ2v) is 4.45.